The smallest absolute Gasteiger partial charge is 0.383 e. The summed E-state index contributed by atoms with van der Waals surface area (Å²) in [6, 6.07) is 15.9. The summed E-state index contributed by atoms with van der Waals surface area (Å²) < 4.78 is 44.8. The minimum Gasteiger partial charge on any atom is -0.383 e. The molecule has 0 amide bonds. The number of rotatable bonds is 5. The number of nitrogen functional groups attached to an aromatic ring is 1. The average Bonchev–Trinajstić information content (AvgIpc) is 3.26. The molecule has 0 saturated carbocycles. The lowest BCUT2D eigenvalue weighted by Crippen LogP contribution is -2.45. The van der Waals surface area contributed by atoms with Gasteiger partial charge >= 0.3 is 6.18 Å². The Morgan fingerprint density at radius 1 is 1.10 bits per heavy atom. The van der Waals surface area contributed by atoms with Gasteiger partial charge in [0.1, 0.15) is 5.82 Å². The van der Waals surface area contributed by atoms with Crippen LogP contribution in [0.4, 0.5) is 19.0 Å². The Balaban J connectivity index is 1.73. The highest BCUT2D eigenvalue weighted by Gasteiger charge is 2.57. The molecule has 1 unspecified atom stereocenters. The van der Waals surface area contributed by atoms with Crippen molar-refractivity contribution in [2.75, 3.05) is 11.5 Å². The van der Waals surface area contributed by atoms with E-state index in [1.807, 2.05) is 18.2 Å². The lowest BCUT2D eigenvalue weighted by Gasteiger charge is -2.30. The molecule has 5 nitrogen and oxygen atoms in total. The zero-order valence-corrected chi connectivity index (χ0v) is 17.4. The third kappa shape index (κ3) is 3.55. The van der Waals surface area contributed by atoms with E-state index in [-0.39, 0.29) is 11.5 Å². The summed E-state index contributed by atoms with van der Waals surface area (Å²) in [4.78, 5) is 4.34. The second kappa shape index (κ2) is 7.60. The maximum absolute atomic E-state index is 14.1. The van der Waals surface area contributed by atoms with Crippen molar-refractivity contribution in [1.29, 1.82) is 0 Å². The van der Waals surface area contributed by atoms with Crippen LogP contribution in [0.1, 0.15) is 11.3 Å². The maximum Gasteiger partial charge on any atom is 0.422 e. The van der Waals surface area contributed by atoms with Gasteiger partial charge in [-0.1, -0.05) is 42.1 Å². The largest absolute Gasteiger partial charge is 0.422 e. The minimum atomic E-state index is -4.96. The molecule has 0 aliphatic carbocycles. The van der Waals surface area contributed by atoms with Crippen molar-refractivity contribution >= 4 is 39.1 Å². The Morgan fingerprint density at radius 3 is 2.43 bits per heavy atom. The predicted molar refractivity (Wildman–Crippen MR) is 113 cm³/mol. The first-order valence-electron chi connectivity index (χ1n) is 8.89. The van der Waals surface area contributed by atoms with Crippen LogP contribution in [0.5, 0.6) is 0 Å². The van der Waals surface area contributed by atoms with E-state index >= 15 is 0 Å². The Morgan fingerprint density at radius 2 is 1.77 bits per heavy atom. The SMILES string of the molecule is Cc1nn(-c2ccccc2)c(N)c1C(O)(CSc1nc2ccccc2s1)C(F)(F)F. The molecule has 2 aromatic carbocycles. The van der Waals surface area contributed by atoms with Gasteiger partial charge < -0.3 is 10.8 Å². The first-order valence-corrected chi connectivity index (χ1v) is 10.7. The number of aryl methyl sites for hydroxylation is 1. The van der Waals surface area contributed by atoms with E-state index in [0.29, 0.717) is 15.5 Å². The number of nitrogens with two attached hydrogens (primary N) is 1. The lowest BCUT2D eigenvalue weighted by molar-refractivity contribution is -0.256. The van der Waals surface area contributed by atoms with Gasteiger partial charge in [0.15, 0.2) is 4.34 Å². The van der Waals surface area contributed by atoms with Crippen molar-refractivity contribution in [2.24, 2.45) is 0 Å². The molecule has 0 spiro atoms. The molecule has 30 heavy (non-hydrogen) atoms. The molecule has 0 fully saturated rings. The van der Waals surface area contributed by atoms with Gasteiger partial charge in [-0.25, -0.2) is 9.67 Å². The first kappa shape index (κ1) is 20.7. The van der Waals surface area contributed by atoms with Gasteiger partial charge in [0.25, 0.3) is 0 Å². The van der Waals surface area contributed by atoms with Crippen molar-refractivity contribution < 1.29 is 18.3 Å². The van der Waals surface area contributed by atoms with Crippen LogP contribution < -0.4 is 5.73 Å². The zero-order chi connectivity index (χ0) is 21.5. The molecular weight excluding hydrogens is 433 g/mol. The summed E-state index contributed by atoms with van der Waals surface area (Å²) in [6.45, 7) is 1.41. The number of alkyl halides is 3. The van der Waals surface area contributed by atoms with Crippen LogP contribution >= 0.6 is 23.1 Å². The molecule has 156 valence electrons. The van der Waals surface area contributed by atoms with E-state index in [2.05, 4.69) is 10.1 Å². The molecule has 0 radical (unpaired) electrons. The zero-order valence-electron chi connectivity index (χ0n) is 15.7. The monoisotopic (exact) mass is 450 g/mol. The van der Waals surface area contributed by atoms with Gasteiger partial charge in [-0.15, -0.1) is 11.3 Å². The average molecular weight is 451 g/mol. The van der Waals surface area contributed by atoms with E-state index in [4.69, 9.17) is 5.73 Å². The number of aromatic nitrogens is 3. The van der Waals surface area contributed by atoms with Crippen molar-refractivity contribution in [1.82, 2.24) is 14.8 Å². The van der Waals surface area contributed by atoms with Crippen molar-refractivity contribution in [3.05, 3.63) is 65.9 Å². The fourth-order valence-electron chi connectivity index (χ4n) is 3.20. The van der Waals surface area contributed by atoms with Crippen LogP contribution in [0.15, 0.2) is 58.9 Å². The molecule has 4 rings (SSSR count). The Bertz CT molecular complexity index is 1160. The maximum atomic E-state index is 14.1. The molecule has 0 saturated heterocycles. The van der Waals surface area contributed by atoms with Gasteiger partial charge in [-0.2, -0.15) is 18.3 Å². The second-order valence-electron chi connectivity index (χ2n) is 6.69. The van der Waals surface area contributed by atoms with E-state index in [9.17, 15) is 18.3 Å². The number of fused-ring (bicyclic) bond motifs is 1. The van der Waals surface area contributed by atoms with Gasteiger partial charge in [0.2, 0.25) is 5.60 Å². The van der Waals surface area contributed by atoms with Gasteiger partial charge in [-0.3, -0.25) is 0 Å². The van der Waals surface area contributed by atoms with Crippen LogP contribution in [-0.2, 0) is 5.60 Å². The fraction of sp³-hybridized carbons (Fsp3) is 0.200. The molecule has 0 aliphatic rings. The third-order valence-corrected chi connectivity index (χ3v) is 6.99. The standard InChI is InChI=1S/C20H17F3N4OS2/c1-12-16(17(24)27(26-12)13-7-3-2-4-8-13)19(28,20(21,22)23)11-29-18-25-14-9-5-6-10-15(14)30-18/h2-10,28H,11,24H2,1H3. The summed E-state index contributed by atoms with van der Waals surface area (Å²) >= 11 is 2.12. The summed E-state index contributed by atoms with van der Waals surface area (Å²) in [5, 5.41) is 15.0. The number of para-hydroxylation sites is 2. The quantitative estimate of drug-likeness (QED) is 0.422. The number of thiazole rings is 1. The summed E-state index contributed by atoms with van der Waals surface area (Å²) in [5.41, 5.74) is 3.67. The van der Waals surface area contributed by atoms with Crippen molar-refractivity contribution in [2.45, 2.75) is 23.0 Å². The normalized spacial score (nSPS) is 14.2. The Hall–Kier alpha value is -2.56. The predicted octanol–water partition coefficient (Wildman–Crippen LogP) is 4.91. The number of benzene rings is 2. The van der Waals surface area contributed by atoms with E-state index in [0.717, 1.165) is 16.5 Å². The van der Waals surface area contributed by atoms with Crippen molar-refractivity contribution in [3.63, 3.8) is 0 Å². The van der Waals surface area contributed by atoms with E-state index < -0.39 is 23.1 Å². The molecule has 0 aliphatic heterocycles. The van der Waals surface area contributed by atoms with Crippen molar-refractivity contribution in [3.8, 4) is 5.69 Å². The summed E-state index contributed by atoms with van der Waals surface area (Å²) in [7, 11) is 0. The van der Waals surface area contributed by atoms with Crippen LogP contribution in [0, 0.1) is 6.92 Å². The number of aliphatic hydroxyl groups is 1. The van der Waals surface area contributed by atoms with E-state index in [1.54, 1.807) is 36.4 Å². The molecule has 0 bridgehead atoms. The summed E-state index contributed by atoms with van der Waals surface area (Å²) in [6.07, 6.45) is -4.96. The fourth-order valence-corrected chi connectivity index (χ4v) is 5.38. The third-order valence-electron chi connectivity index (χ3n) is 4.66. The molecule has 2 heterocycles. The number of thioether (sulfide) groups is 1. The van der Waals surface area contributed by atoms with E-state index in [1.165, 1.54) is 22.9 Å². The van der Waals surface area contributed by atoms with Gasteiger partial charge in [0.05, 0.1) is 27.2 Å². The first-order chi connectivity index (χ1) is 14.2. The molecular formula is C20H17F3N4OS2. The molecule has 2 aromatic heterocycles. The topological polar surface area (TPSA) is 77.0 Å². The summed E-state index contributed by atoms with van der Waals surface area (Å²) in [5.74, 6) is -0.939. The minimum absolute atomic E-state index is 0.0149. The van der Waals surface area contributed by atoms with Crippen LogP contribution in [0.2, 0.25) is 0 Å². The van der Waals surface area contributed by atoms with Crippen LogP contribution in [0.3, 0.4) is 0 Å². The van der Waals surface area contributed by atoms with Crippen LogP contribution in [0.25, 0.3) is 15.9 Å². The number of anilines is 1. The number of hydrogen-bond donors (Lipinski definition) is 2. The highest BCUT2D eigenvalue weighted by Crippen LogP contribution is 2.46. The Kier molecular flexibility index (Phi) is 5.25. The molecule has 1 atom stereocenters. The highest BCUT2D eigenvalue weighted by atomic mass is 32.2. The number of hydrogen-bond acceptors (Lipinski definition) is 6. The second-order valence-corrected chi connectivity index (χ2v) is 8.94. The number of nitrogens with zero attached hydrogens (tertiary/aromatic N) is 3. The highest BCUT2D eigenvalue weighted by molar-refractivity contribution is 8.01. The Labute approximate surface area is 178 Å². The number of halogens is 3. The van der Waals surface area contributed by atoms with Gasteiger partial charge in [-0.05, 0) is 31.2 Å². The molecule has 3 N–H and O–H groups in total. The molecule has 10 heteroatoms. The van der Waals surface area contributed by atoms with Gasteiger partial charge in [0, 0.05) is 5.75 Å². The lowest BCUT2D eigenvalue weighted by atomic mass is 9.95. The van der Waals surface area contributed by atoms with Crippen LogP contribution in [-0.4, -0.2) is 31.8 Å². The molecule has 4 aromatic rings.